The summed E-state index contributed by atoms with van der Waals surface area (Å²) in [6.07, 6.45) is 2.65. The van der Waals surface area contributed by atoms with Crippen molar-refractivity contribution in [2.24, 2.45) is 11.8 Å². The van der Waals surface area contributed by atoms with E-state index in [9.17, 15) is 13.2 Å². The molecule has 0 radical (unpaired) electrons. The van der Waals surface area contributed by atoms with Crippen molar-refractivity contribution in [3.63, 3.8) is 0 Å². The Hall–Kier alpha value is -0.180. The maximum Gasteiger partial charge on any atom is 0.306 e. The molecule has 1 atom stereocenters. The van der Waals surface area contributed by atoms with E-state index in [0.29, 0.717) is 25.7 Å². The van der Waals surface area contributed by atoms with Crippen molar-refractivity contribution in [3.8, 4) is 0 Å². The molecule has 1 unspecified atom stereocenters. The van der Waals surface area contributed by atoms with Gasteiger partial charge in [0.1, 0.15) is 0 Å². The molecule has 0 bridgehead atoms. The highest BCUT2D eigenvalue weighted by atomic mass is 35.7. The Morgan fingerprint density at radius 2 is 1.67 bits per heavy atom. The molecule has 126 valence electrons. The molecule has 0 aromatic rings. The van der Waals surface area contributed by atoms with Crippen LogP contribution >= 0.6 is 10.7 Å². The van der Waals surface area contributed by atoms with E-state index in [1.165, 1.54) is 0 Å². The molecule has 0 amide bonds. The first kappa shape index (κ1) is 20.8. The highest BCUT2D eigenvalue weighted by Crippen LogP contribution is 2.31. The van der Waals surface area contributed by atoms with E-state index in [4.69, 9.17) is 13.9 Å². The lowest BCUT2D eigenvalue weighted by Gasteiger charge is -2.28. The predicted octanol–water partition coefficient (Wildman–Crippen LogP) is 2.11. The minimum atomic E-state index is -3.08. The summed E-state index contributed by atoms with van der Waals surface area (Å²) in [5.41, 5.74) is 0. The average molecular weight is 362 g/mol. The molecule has 0 saturated heterocycles. The largest absolute Gasteiger partial charge is 0.760 e. The Morgan fingerprint density at radius 1 is 1.29 bits per heavy atom. The first-order chi connectivity index (χ1) is 9.36. The summed E-state index contributed by atoms with van der Waals surface area (Å²) in [6.45, 7) is 5.14. The number of hydrogen-bond acceptors (Lipinski definition) is 5. The van der Waals surface area contributed by atoms with Gasteiger partial charge >= 0.3 is 5.97 Å². The molecule has 0 aromatic carbocycles. The Kier molecular flexibility index (Phi) is 8.38. The molecule has 1 saturated carbocycles. The van der Waals surface area contributed by atoms with Gasteiger partial charge in [0, 0.05) is 10.3 Å². The highest BCUT2D eigenvalue weighted by molar-refractivity contribution is 8.03. The van der Waals surface area contributed by atoms with Crippen molar-refractivity contribution < 1.29 is 27.1 Å². The van der Waals surface area contributed by atoms with Crippen molar-refractivity contribution in [2.45, 2.75) is 51.2 Å². The summed E-state index contributed by atoms with van der Waals surface area (Å²) >= 11 is 0. The fourth-order valence-electron chi connectivity index (χ4n) is 2.14. The van der Waals surface area contributed by atoms with Gasteiger partial charge in [0.15, 0.2) is 9.84 Å². The van der Waals surface area contributed by atoms with Crippen molar-refractivity contribution in [1.29, 1.82) is 0 Å². The zero-order valence-corrected chi connectivity index (χ0v) is 14.8. The van der Waals surface area contributed by atoms with Crippen molar-refractivity contribution in [3.05, 3.63) is 0 Å². The number of aliphatic carboxylic acids is 1. The second kappa shape index (κ2) is 8.45. The molecule has 1 aliphatic rings. The Labute approximate surface area is 133 Å². The maximum absolute atomic E-state index is 12.0. The van der Waals surface area contributed by atoms with E-state index in [1.54, 1.807) is 20.8 Å². The summed E-state index contributed by atoms with van der Waals surface area (Å²) in [5, 5.41) is 8.87. The van der Waals surface area contributed by atoms with Crippen LogP contribution in [-0.4, -0.2) is 38.8 Å². The minimum absolute atomic E-state index is 0.134. The Bertz CT molecular complexity index is 457. The molecule has 6 nitrogen and oxygen atoms in total. The van der Waals surface area contributed by atoms with Gasteiger partial charge in [-0.1, -0.05) is 0 Å². The predicted molar refractivity (Wildman–Crippen MR) is 81.4 cm³/mol. The molecule has 1 N–H and O–H groups in total. The molecule has 9 heteroatoms. The minimum Gasteiger partial charge on any atom is -0.760 e. The molecule has 1 rings (SSSR count). The normalized spacial score (nSPS) is 24.6. The molecule has 0 spiro atoms. The molecule has 21 heavy (non-hydrogen) atoms. The third-order valence-electron chi connectivity index (χ3n) is 3.58. The van der Waals surface area contributed by atoms with Gasteiger partial charge in [-0.15, -0.1) is 0 Å². The van der Waals surface area contributed by atoms with Gasteiger partial charge in [-0.3, -0.25) is 9.00 Å². The van der Waals surface area contributed by atoms with Gasteiger partial charge < -0.3 is 9.66 Å². The van der Waals surface area contributed by atoms with Gasteiger partial charge in [0.25, 0.3) is 0 Å². The monoisotopic (exact) mass is 361 g/mol. The number of carboxylic acid groups (broad SMARTS) is 1. The summed E-state index contributed by atoms with van der Waals surface area (Å²) < 4.78 is 40.9. The van der Waals surface area contributed by atoms with E-state index in [-0.39, 0.29) is 17.6 Å². The van der Waals surface area contributed by atoms with Crippen molar-refractivity contribution in [1.82, 2.24) is 0 Å². The highest BCUT2D eigenvalue weighted by Gasteiger charge is 2.34. The van der Waals surface area contributed by atoms with Gasteiger partial charge in [0.05, 0.1) is 16.4 Å². The molecule has 0 aromatic heterocycles. The molecule has 0 heterocycles. The number of halogens is 1. The van der Waals surface area contributed by atoms with E-state index in [1.807, 2.05) is 0 Å². The van der Waals surface area contributed by atoms with Gasteiger partial charge in [-0.2, -0.15) is 0 Å². The van der Waals surface area contributed by atoms with Crippen LogP contribution in [0.15, 0.2) is 0 Å². The molecule has 1 aliphatic carbocycles. The number of carbonyl (C=O) groups is 1. The molecule has 0 aliphatic heterocycles. The fourth-order valence-corrected chi connectivity index (χ4v) is 3.59. The quantitative estimate of drug-likeness (QED) is 0.608. The standard InChI is InChI=1S/C12H22O4S.ClHO2S/c1-12(2,3)17(15,16)8-9-4-6-10(7-5-9)11(13)14;1-4(2)3/h9-10H,4-8H2,1-3H3,(H,13,14);(H,2,3)/p-1. The summed E-state index contributed by atoms with van der Waals surface area (Å²) in [6, 6.07) is 0. The van der Waals surface area contributed by atoms with Crippen molar-refractivity contribution >= 4 is 36.8 Å². The van der Waals surface area contributed by atoms with Crippen LogP contribution in [0.25, 0.3) is 0 Å². The first-order valence-corrected chi connectivity index (χ1v) is 10.1. The van der Waals surface area contributed by atoms with Gasteiger partial charge in [-0.05, 0) is 63.1 Å². The molecular weight excluding hydrogens is 340 g/mol. The van der Waals surface area contributed by atoms with Crippen LogP contribution < -0.4 is 0 Å². The van der Waals surface area contributed by atoms with Gasteiger partial charge in [0.2, 0.25) is 0 Å². The summed E-state index contributed by atoms with van der Waals surface area (Å²) in [5.74, 6) is -0.691. The number of rotatable bonds is 3. The smallest absolute Gasteiger partial charge is 0.306 e. The third kappa shape index (κ3) is 8.13. The van der Waals surface area contributed by atoms with E-state index < -0.39 is 30.8 Å². The Balaban J connectivity index is 0.000000885. The second-order valence-electron chi connectivity index (χ2n) is 6.14. The zero-order chi connectivity index (χ0) is 16.8. The van der Waals surface area contributed by atoms with E-state index >= 15 is 0 Å². The lowest BCUT2D eigenvalue weighted by atomic mass is 9.83. The second-order valence-corrected chi connectivity index (χ2v) is 10.1. The lowest BCUT2D eigenvalue weighted by Crippen LogP contribution is -2.35. The van der Waals surface area contributed by atoms with E-state index in [0.717, 1.165) is 0 Å². The number of carboxylic acids is 1. The van der Waals surface area contributed by atoms with E-state index in [2.05, 4.69) is 10.7 Å². The van der Waals surface area contributed by atoms with Crippen LogP contribution in [0.1, 0.15) is 46.5 Å². The lowest BCUT2D eigenvalue weighted by molar-refractivity contribution is -0.143. The van der Waals surface area contributed by atoms with Crippen LogP contribution in [0.5, 0.6) is 0 Å². The summed E-state index contributed by atoms with van der Waals surface area (Å²) in [4.78, 5) is 10.8. The van der Waals surface area contributed by atoms with Crippen molar-refractivity contribution in [2.75, 3.05) is 5.75 Å². The number of sulfone groups is 1. The van der Waals surface area contributed by atoms with Crippen LogP contribution in [0.4, 0.5) is 0 Å². The fraction of sp³-hybridized carbons (Fsp3) is 0.917. The summed E-state index contributed by atoms with van der Waals surface area (Å²) in [7, 11) is -1.28. The number of hydrogen-bond donors (Lipinski definition) is 1. The van der Waals surface area contributed by atoms with Crippen LogP contribution in [-0.2, 0) is 24.9 Å². The SMILES string of the molecule is CC(C)(C)S(=O)(=O)CC1CCC(C(=O)O)CC1.O=S([O-])Cl. The Morgan fingerprint density at radius 3 is 1.95 bits per heavy atom. The average Bonchev–Trinajstić information content (AvgIpc) is 2.26. The first-order valence-electron chi connectivity index (χ1n) is 6.57. The third-order valence-corrected chi connectivity index (χ3v) is 6.36. The maximum atomic E-state index is 12.0. The molecular formula is C12H22ClO6S2-. The van der Waals surface area contributed by atoms with Gasteiger partial charge in [-0.25, -0.2) is 8.42 Å². The van der Waals surface area contributed by atoms with Crippen LogP contribution in [0.2, 0.25) is 0 Å². The van der Waals surface area contributed by atoms with Crippen LogP contribution in [0, 0.1) is 11.8 Å². The molecule has 1 fully saturated rings. The van der Waals surface area contributed by atoms with Crippen LogP contribution in [0.3, 0.4) is 0 Å². The zero-order valence-electron chi connectivity index (χ0n) is 12.4. The topological polar surface area (TPSA) is 112 Å².